The molecule has 0 aliphatic carbocycles. The van der Waals surface area contributed by atoms with Crippen LogP contribution >= 0.6 is 12.4 Å². The average molecular weight is 257 g/mol. The highest BCUT2D eigenvalue weighted by Gasteiger charge is 2.08. The van der Waals surface area contributed by atoms with Crippen molar-refractivity contribution in [2.75, 3.05) is 13.6 Å². The number of carbonyl (C=O) groups excluding carboxylic acids is 1. The zero-order valence-corrected chi connectivity index (χ0v) is 11.5. The van der Waals surface area contributed by atoms with Crippen molar-refractivity contribution in [2.45, 2.75) is 26.3 Å². The van der Waals surface area contributed by atoms with E-state index >= 15 is 0 Å². The average Bonchev–Trinajstić information content (AvgIpc) is 2.25. The first-order chi connectivity index (χ1) is 7.50. The summed E-state index contributed by atoms with van der Waals surface area (Å²) in [7, 11) is 1.80. The molecule has 0 aliphatic rings. The fourth-order valence-corrected chi connectivity index (χ4v) is 1.56. The molecule has 0 saturated heterocycles. The Kier molecular flexibility index (Phi) is 6.85. The van der Waals surface area contributed by atoms with Gasteiger partial charge in [-0.25, -0.2) is 0 Å². The first-order valence-electron chi connectivity index (χ1n) is 5.54. The summed E-state index contributed by atoms with van der Waals surface area (Å²) in [6, 6.07) is 8.20. The molecular formula is C13H21ClN2O. The Morgan fingerprint density at radius 3 is 2.65 bits per heavy atom. The SMILES string of the molecule is CC(=O)N(C)CCC(N)c1cccc(C)c1.Cl. The maximum Gasteiger partial charge on any atom is 0.219 e. The molecule has 0 heterocycles. The molecule has 1 atom stereocenters. The van der Waals surface area contributed by atoms with Crippen molar-refractivity contribution in [3.63, 3.8) is 0 Å². The van der Waals surface area contributed by atoms with E-state index in [0.717, 1.165) is 12.0 Å². The van der Waals surface area contributed by atoms with E-state index < -0.39 is 0 Å². The largest absolute Gasteiger partial charge is 0.346 e. The fraction of sp³-hybridized carbons (Fsp3) is 0.462. The monoisotopic (exact) mass is 256 g/mol. The molecule has 0 radical (unpaired) electrons. The molecule has 0 spiro atoms. The van der Waals surface area contributed by atoms with Crippen LogP contribution in [0, 0.1) is 6.92 Å². The normalized spacial score (nSPS) is 11.5. The van der Waals surface area contributed by atoms with Crippen molar-refractivity contribution >= 4 is 18.3 Å². The van der Waals surface area contributed by atoms with Crippen molar-refractivity contribution in [3.8, 4) is 0 Å². The standard InChI is InChI=1S/C13H20N2O.ClH/c1-10-5-4-6-12(9-10)13(14)7-8-15(3)11(2)16;/h4-6,9,13H,7-8,14H2,1-3H3;1H. The van der Waals surface area contributed by atoms with Crippen LogP contribution in [-0.4, -0.2) is 24.4 Å². The molecule has 1 amide bonds. The van der Waals surface area contributed by atoms with E-state index in [1.54, 1.807) is 18.9 Å². The third-order valence-corrected chi connectivity index (χ3v) is 2.78. The second-order valence-corrected chi connectivity index (χ2v) is 4.25. The minimum absolute atomic E-state index is 0. The number of halogens is 1. The molecule has 1 unspecified atom stereocenters. The van der Waals surface area contributed by atoms with Gasteiger partial charge < -0.3 is 10.6 Å². The quantitative estimate of drug-likeness (QED) is 0.899. The predicted molar refractivity (Wildman–Crippen MR) is 73.3 cm³/mol. The highest BCUT2D eigenvalue weighted by Crippen LogP contribution is 2.15. The summed E-state index contributed by atoms with van der Waals surface area (Å²) in [4.78, 5) is 12.7. The zero-order chi connectivity index (χ0) is 12.1. The van der Waals surface area contributed by atoms with Gasteiger partial charge in [-0.2, -0.15) is 0 Å². The van der Waals surface area contributed by atoms with Crippen LogP contribution in [0.3, 0.4) is 0 Å². The van der Waals surface area contributed by atoms with Gasteiger partial charge in [0.1, 0.15) is 0 Å². The lowest BCUT2D eigenvalue weighted by Crippen LogP contribution is -2.27. The molecule has 17 heavy (non-hydrogen) atoms. The molecule has 0 bridgehead atoms. The Morgan fingerprint density at radius 1 is 1.47 bits per heavy atom. The Labute approximate surface area is 109 Å². The number of benzene rings is 1. The Hall–Kier alpha value is -1.06. The Morgan fingerprint density at radius 2 is 2.12 bits per heavy atom. The first-order valence-corrected chi connectivity index (χ1v) is 5.54. The number of rotatable bonds is 4. The molecule has 0 saturated carbocycles. The van der Waals surface area contributed by atoms with Crippen molar-refractivity contribution < 1.29 is 4.79 Å². The number of aryl methyl sites for hydroxylation is 1. The number of carbonyl (C=O) groups is 1. The number of hydrogen-bond donors (Lipinski definition) is 1. The summed E-state index contributed by atoms with van der Waals surface area (Å²) >= 11 is 0. The van der Waals surface area contributed by atoms with Gasteiger partial charge in [-0.1, -0.05) is 29.8 Å². The molecule has 96 valence electrons. The fourth-order valence-electron chi connectivity index (χ4n) is 1.56. The number of nitrogens with two attached hydrogens (primary N) is 1. The van der Waals surface area contributed by atoms with Gasteiger partial charge in [-0.05, 0) is 18.9 Å². The van der Waals surface area contributed by atoms with Gasteiger partial charge in [0.15, 0.2) is 0 Å². The van der Waals surface area contributed by atoms with Crippen LogP contribution in [0.15, 0.2) is 24.3 Å². The molecule has 3 nitrogen and oxygen atoms in total. The van der Waals surface area contributed by atoms with E-state index in [4.69, 9.17) is 5.73 Å². The maximum atomic E-state index is 11.0. The Balaban J connectivity index is 0.00000256. The highest BCUT2D eigenvalue weighted by molar-refractivity contribution is 5.85. The van der Waals surface area contributed by atoms with Crippen molar-refractivity contribution in [3.05, 3.63) is 35.4 Å². The molecule has 0 aliphatic heterocycles. The lowest BCUT2D eigenvalue weighted by molar-refractivity contribution is -0.127. The molecule has 1 aromatic rings. The minimum Gasteiger partial charge on any atom is -0.346 e. The van der Waals surface area contributed by atoms with Crippen LogP contribution in [0.5, 0.6) is 0 Å². The smallest absolute Gasteiger partial charge is 0.219 e. The third kappa shape index (κ3) is 5.20. The summed E-state index contributed by atoms with van der Waals surface area (Å²) in [6.45, 7) is 4.32. The van der Waals surface area contributed by atoms with E-state index in [0.29, 0.717) is 6.54 Å². The summed E-state index contributed by atoms with van der Waals surface area (Å²) < 4.78 is 0. The van der Waals surface area contributed by atoms with Gasteiger partial charge >= 0.3 is 0 Å². The summed E-state index contributed by atoms with van der Waals surface area (Å²) in [5.74, 6) is 0.0800. The highest BCUT2D eigenvalue weighted by atomic mass is 35.5. The molecule has 1 rings (SSSR count). The molecule has 0 aromatic heterocycles. The van der Waals surface area contributed by atoms with E-state index in [2.05, 4.69) is 19.1 Å². The molecular weight excluding hydrogens is 236 g/mol. The number of nitrogens with zero attached hydrogens (tertiary/aromatic N) is 1. The number of hydrogen-bond acceptors (Lipinski definition) is 2. The van der Waals surface area contributed by atoms with Crippen LogP contribution in [-0.2, 0) is 4.79 Å². The molecule has 0 fully saturated rings. The summed E-state index contributed by atoms with van der Waals surface area (Å²) in [5, 5.41) is 0. The molecule has 4 heteroatoms. The minimum atomic E-state index is 0. The van der Waals surface area contributed by atoms with Gasteiger partial charge in [0, 0.05) is 26.6 Å². The summed E-state index contributed by atoms with van der Waals surface area (Å²) in [6.07, 6.45) is 0.791. The van der Waals surface area contributed by atoms with Gasteiger partial charge in [0.2, 0.25) is 5.91 Å². The van der Waals surface area contributed by atoms with Crippen LogP contribution in [0.2, 0.25) is 0 Å². The number of amides is 1. The summed E-state index contributed by atoms with van der Waals surface area (Å²) in [5.41, 5.74) is 8.43. The van der Waals surface area contributed by atoms with Gasteiger partial charge in [-0.3, -0.25) is 4.79 Å². The third-order valence-electron chi connectivity index (χ3n) is 2.78. The lowest BCUT2D eigenvalue weighted by Gasteiger charge is -2.18. The van der Waals surface area contributed by atoms with Gasteiger partial charge in [-0.15, -0.1) is 12.4 Å². The Bertz CT molecular complexity index is 368. The lowest BCUT2D eigenvalue weighted by atomic mass is 10.0. The van der Waals surface area contributed by atoms with Crippen molar-refractivity contribution in [2.24, 2.45) is 5.73 Å². The van der Waals surface area contributed by atoms with Crippen molar-refractivity contribution in [1.29, 1.82) is 0 Å². The molecule has 1 aromatic carbocycles. The first kappa shape index (κ1) is 15.9. The van der Waals surface area contributed by atoms with Crippen molar-refractivity contribution in [1.82, 2.24) is 4.90 Å². The van der Waals surface area contributed by atoms with Crippen LogP contribution < -0.4 is 5.73 Å². The predicted octanol–water partition coefficient (Wildman–Crippen LogP) is 2.29. The van der Waals surface area contributed by atoms with E-state index in [9.17, 15) is 4.79 Å². The van der Waals surface area contributed by atoms with Gasteiger partial charge in [0.25, 0.3) is 0 Å². The van der Waals surface area contributed by atoms with E-state index in [1.165, 1.54) is 5.56 Å². The van der Waals surface area contributed by atoms with E-state index in [1.807, 2.05) is 12.1 Å². The van der Waals surface area contributed by atoms with Gasteiger partial charge in [0.05, 0.1) is 0 Å². The second-order valence-electron chi connectivity index (χ2n) is 4.25. The maximum absolute atomic E-state index is 11.0. The van der Waals surface area contributed by atoms with Crippen LogP contribution in [0.4, 0.5) is 0 Å². The topological polar surface area (TPSA) is 46.3 Å². The second kappa shape index (κ2) is 7.30. The molecule has 2 N–H and O–H groups in total. The van der Waals surface area contributed by atoms with Crippen LogP contribution in [0.25, 0.3) is 0 Å². The van der Waals surface area contributed by atoms with E-state index in [-0.39, 0.29) is 24.4 Å². The van der Waals surface area contributed by atoms with Crippen LogP contribution in [0.1, 0.15) is 30.5 Å². The zero-order valence-electron chi connectivity index (χ0n) is 10.6.